The van der Waals surface area contributed by atoms with Gasteiger partial charge in [0.15, 0.2) is 5.78 Å². The van der Waals surface area contributed by atoms with E-state index in [0.717, 1.165) is 5.56 Å². The van der Waals surface area contributed by atoms with E-state index in [0.29, 0.717) is 35.7 Å². The summed E-state index contributed by atoms with van der Waals surface area (Å²) in [6.07, 6.45) is 0. The highest BCUT2D eigenvalue weighted by Crippen LogP contribution is 2.23. The van der Waals surface area contributed by atoms with E-state index < -0.39 is 0 Å². The van der Waals surface area contributed by atoms with Gasteiger partial charge in [-0.15, -0.1) is 0 Å². The van der Waals surface area contributed by atoms with Crippen LogP contribution in [0.15, 0.2) is 42.5 Å². The monoisotopic (exact) mass is 360 g/mol. The normalized spacial score (nSPS) is 10.7. The predicted octanol–water partition coefficient (Wildman–Crippen LogP) is 2.56. The first-order valence-electron chi connectivity index (χ1n) is 8.26. The van der Waals surface area contributed by atoms with Crippen molar-refractivity contribution in [3.8, 4) is 5.75 Å². The Bertz CT molecular complexity index is 713. The summed E-state index contributed by atoms with van der Waals surface area (Å²) in [6.45, 7) is 1.08. The van der Waals surface area contributed by atoms with Crippen molar-refractivity contribution in [2.45, 2.75) is 13.2 Å². The maximum Gasteiger partial charge on any atom is 0.193 e. The van der Waals surface area contributed by atoms with E-state index in [1.54, 1.807) is 37.4 Å². The van der Waals surface area contributed by atoms with Crippen LogP contribution >= 0.6 is 0 Å². The molecular weight excluding hydrogens is 336 g/mol. The van der Waals surface area contributed by atoms with Crippen molar-refractivity contribution >= 4 is 5.78 Å². The molecule has 0 unspecified atom stereocenters. The Morgan fingerprint density at radius 1 is 0.962 bits per heavy atom. The summed E-state index contributed by atoms with van der Waals surface area (Å²) >= 11 is 0. The molecule has 6 heteroatoms. The number of hydrogen-bond acceptors (Lipinski definition) is 6. The molecule has 140 valence electrons. The smallest absolute Gasteiger partial charge is 0.193 e. The minimum Gasteiger partial charge on any atom is -0.497 e. The van der Waals surface area contributed by atoms with Crippen molar-refractivity contribution in [3.05, 3.63) is 64.7 Å². The number of hydrogen-bond donors (Lipinski definition) is 1. The van der Waals surface area contributed by atoms with Crippen LogP contribution in [-0.2, 0) is 27.4 Å². The minimum atomic E-state index is -0.225. The molecule has 0 atom stereocenters. The van der Waals surface area contributed by atoms with Crippen LogP contribution in [0.5, 0.6) is 5.75 Å². The van der Waals surface area contributed by atoms with Crippen LogP contribution in [0.3, 0.4) is 0 Å². The van der Waals surface area contributed by atoms with Gasteiger partial charge in [-0.25, -0.2) is 0 Å². The van der Waals surface area contributed by atoms with E-state index in [1.807, 2.05) is 12.1 Å². The molecule has 2 aromatic rings. The molecule has 0 spiro atoms. The Hall–Kier alpha value is -2.25. The number of aliphatic hydroxyl groups excluding tert-OH is 1. The molecular formula is C20H24O6. The van der Waals surface area contributed by atoms with E-state index in [9.17, 15) is 9.90 Å². The van der Waals surface area contributed by atoms with Crippen molar-refractivity contribution in [2.75, 3.05) is 34.2 Å². The topological polar surface area (TPSA) is 74.2 Å². The molecule has 0 radical (unpaired) electrons. The largest absolute Gasteiger partial charge is 0.497 e. The Morgan fingerprint density at radius 2 is 1.77 bits per heavy atom. The highest BCUT2D eigenvalue weighted by molar-refractivity contribution is 6.11. The lowest BCUT2D eigenvalue weighted by molar-refractivity contribution is -0.0725. The molecule has 0 fully saturated rings. The SMILES string of the molecule is COCCOCOCc1ccccc1C(=O)c1cc(OC)ccc1CO. The van der Waals surface area contributed by atoms with Crippen molar-refractivity contribution < 1.29 is 28.8 Å². The molecule has 0 heterocycles. The summed E-state index contributed by atoms with van der Waals surface area (Å²) in [7, 11) is 3.14. The summed E-state index contributed by atoms with van der Waals surface area (Å²) in [6, 6.07) is 12.3. The van der Waals surface area contributed by atoms with Crippen molar-refractivity contribution in [1.29, 1.82) is 0 Å². The quantitative estimate of drug-likeness (QED) is 0.377. The second kappa shape index (κ2) is 10.7. The third-order valence-corrected chi connectivity index (χ3v) is 3.85. The molecule has 26 heavy (non-hydrogen) atoms. The zero-order valence-electron chi connectivity index (χ0n) is 15.1. The lowest BCUT2D eigenvalue weighted by Crippen LogP contribution is -2.11. The molecule has 0 saturated heterocycles. The first-order chi connectivity index (χ1) is 12.7. The number of aliphatic hydroxyl groups is 1. The fraction of sp³-hybridized carbons (Fsp3) is 0.350. The number of ether oxygens (including phenoxy) is 4. The average Bonchev–Trinajstić information content (AvgIpc) is 2.69. The highest BCUT2D eigenvalue weighted by Gasteiger charge is 2.17. The van der Waals surface area contributed by atoms with Crippen molar-refractivity contribution in [3.63, 3.8) is 0 Å². The maximum absolute atomic E-state index is 13.0. The second-order valence-corrected chi connectivity index (χ2v) is 5.53. The van der Waals surface area contributed by atoms with Crippen LogP contribution < -0.4 is 4.74 Å². The summed E-state index contributed by atoms with van der Waals surface area (Å²) in [4.78, 5) is 13.0. The van der Waals surface area contributed by atoms with Crippen LogP contribution in [0.2, 0.25) is 0 Å². The van der Waals surface area contributed by atoms with Gasteiger partial charge in [0.1, 0.15) is 12.5 Å². The Morgan fingerprint density at radius 3 is 2.50 bits per heavy atom. The molecule has 6 nitrogen and oxygen atoms in total. The number of methoxy groups -OCH3 is 2. The summed E-state index contributed by atoms with van der Waals surface area (Å²) in [5.74, 6) is 0.373. The third kappa shape index (κ3) is 5.37. The number of ketones is 1. The molecule has 0 bridgehead atoms. The van der Waals surface area contributed by atoms with Gasteiger partial charge in [-0.3, -0.25) is 4.79 Å². The van der Waals surface area contributed by atoms with Gasteiger partial charge in [-0.05, 0) is 23.3 Å². The molecule has 0 aromatic heterocycles. The van der Waals surface area contributed by atoms with Gasteiger partial charge >= 0.3 is 0 Å². The lowest BCUT2D eigenvalue weighted by atomic mass is 9.95. The van der Waals surface area contributed by atoms with Gasteiger partial charge in [0.05, 0.1) is 33.5 Å². The van der Waals surface area contributed by atoms with E-state index >= 15 is 0 Å². The lowest BCUT2D eigenvalue weighted by Gasteiger charge is -2.13. The van der Waals surface area contributed by atoms with Crippen molar-refractivity contribution in [2.24, 2.45) is 0 Å². The number of benzene rings is 2. The van der Waals surface area contributed by atoms with E-state index in [1.165, 1.54) is 7.11 Å². The fourth-order valence-electron chi connectivity index (χ4n) is 2.46. The summed E-state index contributed by atoms with van der Waals surface area (Å²) < 4.78 is 20.8. The molecule has 1 N–H and O–H groups in total. The van der Waals surface area contributed by atoms with E-state index in [-0.39, 0.29) is 25.8 Å². The maximum atomic E-state index is 13.0. The third-order valence-electron chi connectivity index (χ3n) is 3.85. The van der Waals surface area contributed by atoms with Gasteiger partial charge in [0, 0.05) is 18.2 Å². The molecule has 0 aliphatic rings. The second-order valence-electron chi connectivity index (χ2n) is 5.53. The zero-order valence-corrected chi connectivity index (χ0v) is 15.1. The summed E-state index contributed by atoms with van der Waals surface area (Å²) in [5, 5.41) is 9.55. The Balaban J connectivity index is 2.14. The standard InChI is InChI=1S/C20H24O6/c1-23-9-10-25-14-26-13-16-5-3-4-6-18(16)20(22)19-11-17(24-2)8-7-15(19)12-21/h3-8,11,21H,9-10,12-14H2,1-2H3. The zero-order chi connectivity index (χ0) is 18.8. The summed E-state index contributed by atoms with van der Waals surface area (Å²) in [5.41, 5.74) is 2.23. The van der Waals surface area contributed by atoms with Gasteiger partial charge in [-0.2, -0.15) is 0 Å². The molecule has 0 aliphatic heterocycles. The highest BCUT2D eigenvalue weighted by atomic mass is 16.7. The van der Waals surface area contributed by atoms with Crippen LogP contribution in [0.1, 0.15) is 27.0 Å². The molecule has 0 aliphatic carbocycles. The number of rotatable bonds is 11. The van der Waals surface area contributed by atoms with Crippen LogP contribution in [0, 0.1) is 0 Å². The van der Waals surface area contributed by atoms with Gasteiger partial charge < -0.3 is 24.1 Å². The Labute approximate surface area is 153 Å². The Kier molecular flexibility index (Phi) is 8.24. The van der Waals surface area contributed by atoms with Gasteiger partial charge in [-0.1, -0.05) is 30.3 Å². The first kappa shape index (κ1) is 20.1. The van der Waals surface area contributed by atoms with Crippen LogP contribution in [-0.4, -0.2) is 45.1 Å². The molecule has 2 aromatic carbocycles. The molecule has 0 amide bonds. The van der Waals surface area contributed by atoms with E-state index in [4.69, 9.17) is 18.9 Å². The van der Waals surface area contributed by atoms with Crippen LogP contribution in [0.4, 0.5) is 0 Å². The van der Waals surface area contributed by atoms with E-state index in [2.05, 4.69) is 0 Å². The molecule has 0 saturated carbocycles. The minimum absolute atomic E-state index is 0.118. The number of carbonyl (C=O) groups is 1. The first-order valence-corrected chi connectivity index (χ1v) is 8.26. The van der Waals surface area contributed by atoms with Gasteiger partial charge in [0.25, 0.3) is 0 Å². The fourth-order valence-corrected chi connectivity index (χ4v) is 2.46. The van der Waals surface area contributed by atoms with Crippen molar-refractivity contribution in [1.82, 2.24) is 0 Å². The molecule has 2 rings (SSSR count). The average molecular weight is 360 g/mol. The van der Waals surface area contributed by atoms with Gasteiger partial charge in [0.2, 0.25) is 0 Å². The number of carbonyl (C=O) groups excluding carboxylic acids is 1. The van der Waals surface area contributed by atoms with Crippen LogP contribution in [0.25, 0.3) is 0 Å². The predicted molar refractivity (Wildman–Crippen MR) is 96.3 cm³/mol.